The third kappa shape index (κ3) is 6.25. The van der Waals surface area contributed by atoms with Crippen molar-refractivity contribution in [2.75, 3.05) is 0 Å². The number of hydrogen-bond acceptors (Lipinski definition) is 13. The second-order valence-corrected chi connectivity index (χ2v) is 20.6. The van der Waals surface area contributed by atoms with E-state index in [0.29, 0.717) is 25.7 Å². The molecule has 2 saturated heterocycles. The van der Waals surface area contributed by atoms with Gasteiger partial charge in [0.05, 0.1) is 11.5 Å². The fraction of sp³-hybridized carbons (Fsp3) is 0.857. The number of ether oxygens (including phenoxy) is 4. The van der Waals surface area contributed by atoms with Crippen LogP contribution in [0.25, 0.3) is 0 Å². The highest BCUT2D eigenvalue weighted by molar-refractivity contribution is 5.95. The van der Waals surface area contributed by atoms with Crippen molar-refractivity contribution in [2.24, 2.45) is 50.2 Å². The van der Waals surface area contributed by atoms with Crippen LogP contribution in [0.4, 0.5) is 0 Å². The van der Waals surface area contributed by atoms with Gasteiger partial charge in [0, 0.05) is 5.92 Å². The Kier molecular flexibility index (Phi) is 10.7. The second-order valence-electron chi connectivity index (χ2n) is 20.6. The number of carboxylic acid groups (broad SMARTS) is 3. The number of allylic oxidation sites excluding steroid dienone is 2. The monoisotopic (exact) mass is 822 g/mol. The molecule has 19 atom stereocenters. The van der Waals surface area contributed by atoms with E-state index in [1.54, 1.807) is 0 Å². The fourth-order valence-electron chi connectivity index (χ4n) is 13.4. The van der Waals surface area contributed by atoms with Crippen molar-refractivity contribution >= 4 is 23.7 Å². The largest absolute Gasteiger partial charge is 0.481 e. The summed E-state index contributed by atoms with van der Waals surface area (Å²) in [5, 5.41) is 83.3. The lowest BCUT2D eigenvalue weighted by Crippen LogP contribution is -2.68. The maximum absolute atomic E-state index is 14.8. The molecule has 0 bridgehead atoms. The molecule has 7 aliphatic rings. The zero-order chi connectivity index (χ0) is 42.9. The van der Waals surface area contributed by atoms with Crippen molar-refractivity contribution in [3.8, 4) is 0 Å². The third-order valence-electron chi connectivity index (χ3n) is 17.2. The predicted molar refractivity (Wildman–Crippen MR) is 199 cm³/mol. The Morgan fingerprint density at radius 2 is 1.28 bits per heavy atom. The van der Waals surface area contributed by atoms with Gasteiger partial charge in [0.15, 0.2) is 30.6 Å². The summed E-state index contributed by atoms with van der Waals surface area (Å²) in [6.45, 7) is 14.9. The standard InChI is InChI=1S/C42H62O16/c1-37(2)21-8-11-42(7)31(20(43)16-18-19-17-39(4,36(53)54)13-12-38(19,3)14-15-41(18,42)6)40(21,5)10-9-22(37)55-35-27(48)28(26(47)30(58-35)33(51)52)56-34-25(46)23(44)24(45)29(57-34)32(49)50/h16,19,21-31,34-35,44-48H,8-15,17H2,1-7H3,(H,49,50)(H,51,52)(H,53,54)/t19-,21+,22+,23+,24+,25-,26+,27-,28+,29+,30+,31-,34-,35-,38-,39+,40+,41-,42-/m1/s1. The minimum Gasteiger partial charge on any atom is -0.481 e. The van der Waals surface area contributed by atoms with Gasteiger partial charge in [-0.1, -0.05) is 47.1 Å². The number of carbonyl (C=O) groups is 4. The van der Waals surface area contributed by atoms with Crippen LogP contribution < -0.4 is 0 Å². The Morgan fingerprint density at radius 1 is 0.690 bits per heavy atom. The van der Waals surface area contributed by atoms with E-state index >= 15 is 0 Å². The van der Waals surface area contributed by atoms with E-state index in [0.717, 1.165) is 37.7 Å². The van der Waals surface area contributed by atoms with Crippen molar-refractivity contribution in [3.63, 3.8) is 0 Å². The highest BCUT2D eigenvalue weighted by Gasteiger charge is 2.71. The molecular formula is C42H62O16. The van der Waals surface area contributed by atoms with Gasteiger partial charge in [-0.25, -0.2) is 9.59 Å². The average Bonchev–Trinajstić information content (AvgIpc) is 3.13. The van der Waals surface area contributed by atoms with Crippen LogP contribution in [0.3, 0.4) is 0 Å². The molecule has 4 saturated carbocycles. The van der Waals surface area contributed by atoms with Gasteiger partial charge in [-0.05, 0) is 110 Å². The average molecular weight is 823 g/mol. The molecule has 6 fully saturated rings. The smallest absolute Gasteiger partial charge is 0.335 e. The van der Waals surface area contributed by atoms with Gasteiger partial charge in [-0.3, -0.25) is 9.59 Å². The van der Waals surface area contributed by atoms with Crippen molar-refractivity contribution < 1.29 is 79.0 Å². The summed E-state index contributed by atoms with van der Waals surface area (Å²) in [6, 6.07) is 0. The number of carbonyl (C=O) groups excluding carboxylic acids is 1. The van der Waals surface area contributed by atoms with Crippen LogP contribution in [0.2, 0.25) is 0 Å². The van der Waals surface area contributed by atoms with E-state index in [-0.39, 0.29) is 34.4 Å². The molecule has 5 aliphatic carbocycles. The summed E-state index contributed by atoms with van der Waals surface area (Å²) >= 11 is 0. The van der Waals surface area contributed by atoms with Gasteiger partial charge in [-0.2, -0.15) is 0 Å². The Morgan fingerprint density at radius 3 is 1.88 bits per heavy atom. The number of aliphatic hydroxyl groups is 5. The van der Waals surface area contributed by atoms with Crippen molar-refractivity contribution in [3.05, 3.63) is 11.6 Å². The minimum atomic E-state index is -2.06. The zero-order valence-electron chi connectivity index (χ0n) is 34.4. The summed E-state index contributed by atoms with van der Waals surface area (Å²) in [5.41, 5.74) is -1.71. The molecule has 0 aromatic rings. The summed E-state index contributed by atoms with van der Waals surface area (Å²) in [4.78, 5) is 51.3. The van der Waals surface area contributed by atoms with Crippen LogP contribution >= 0.6 is 0 Å². The van der Waals surface area contributed by atoms with E-state index < -0.39 is 107 Å². The lowest BCUT2D eigenvalue weighted by molar-refractivity contribution is -0.362. The molecule has 16 nitrogen and oxygen atoms in total. The fourth-order valence-corrected chi connectivity index (χ4v) is 13.4. The Hall–Kier alpha value is -2.54. The second kappa shape index (κ2) is 14.3. The van der Waals surface area contributed by atoms with Crippen LogP contribution in [0.5, 0.6) is 0 Å². The van der Waals surface area contributed by atoms with E-state index in [1.807, 2.05) is 26.8 Å². The van der Waals surface area contributed by atoms with Crippen molar-refractivity contribution in [1.82, 2.24) is 0 Å². The van der Waals surface area contributed by atoms with Crippen LogP contribution in [0.15, 0.2) is 11.6 Å². The maximum atomic E-state index is 14.8. The molecule has 7 rings (SSSR count). The van der Waals surface area contributed by atoms with Crippen LogP contribution in [-0.4, -0.2) is 132 Å². The zero-order valence-corrected chi connectivity index (χ0v) is 34.4. The molecule has 2 aliphatic heterocycles. The molecule has 0 spiro atoms. The van der Waals surface area contributed by atoms with Crippen LogP contribution in [-0.2, 0) is 38.1 Å². The van der Waals surface area contributed by atoms with Gasteiger partial charge in [-0.15, -0.1) is 0 Å². The summed E-state index contributed by atoms with van der Waals surface area (Å²) in [7, 11) is 0. The van der Waals surface area contributed by atoms with E-state index in [9.17, 15) is 60.0 Å². The number of rotatable bonds is 7. The number of hydrogen-bond donors (Lipinski definition) is 8. The Labute approximate surface area is 337 Å². The molecule has 0 amide bonds. The maximum Gasteiger partial charge on any atom is 0.335 e. The SMILES string of the molecule is CC1(C)[C@@H](O[C@@H]2O[C@H](C(=O)O)[C@@H](O)[C@H](O[C@@H]3O[C@H](C(=O)O)[C@@H](O)[C@H](O)[C@H]3O)[C@H]2O)CC[C@]2(C)[C@H]3C(=O)C=C4[C@H]5C[C@@](C)(C(=O)O)CC[C@]5(C)CC[C@@]4(C)[C@]3(C)CC[C@@H]12. The summed E-state index contributed by atoms with van der Waals surface area (Å²) in [5.74, 6) is -4.44. The molecule has 0 aromatic heterocycles. The first kappa shape index (κ1) is 43.5. The summed E-state index contributed by atoms with van der Waals surface area (Å²) in [6.07, 6.45) is -12.2. The van der Waals surface area contributed by atoms with Gasteiger partial charge >= 0.3 is 17.9 Å². The normalized spacial score (nSPS) is 52.6. The van der Waals surface area contributed by atoms with Gasteiger partial charge < -0.3 is 59.8 Å². The van der Waals surface area contributed by atoms with E-state index in [4.69, 9.17) is 18.9 Å². The van der Waals surface area contributed by atoms with Crippen LogP contribution in [0.1, 0.15) is 106 Å². The molecule has 58 heavy (non-hydrogen) atoms. The first-order valence-corrected chi connectivity index (χ1v) is 20.7. The molecule has 0 radical (unpaired) electrons. The van der Waals surface area contributed by atoms with Crippen molar-refractivity contribution in [2.45, 2.75) is 174 Å². The number of fused-ring (bicyclic) bond motifs is 7. The molecule has 2 heterocycles. The molecular weight excluding hydrogens is 760 g/mol. The third-order valence-corrected chi connectivity index (χ3v) is 17.2. The quantitative estimate of drug-likeness (QED) is 0.171. The lowest BCUT2D eigenvalue weighted by Gasteiger charge is -2.70. The Bertz CT molecular complexity index is 1730. The molecule has 0 unspecified atom stereocenters. The Balaban J connectivity index is 1.14. The van der Waals surface area contributed by atoms with Gasteiger partial charge in [0.2, 0.25) is 0 Å². The topological polar surface area (TPSA) is 267 Å². The number of aliphatic carboxylic acids is 3. The minimum absolute atomic E-state index is 0.0139. The highest BCUT2D eigenvalue weighted by atomic mass is 16.7. The van der Waals surface area contributed by atoms with Gasteiger partial charge in [0.1, 0.15) is 36.6 Å². The van der Waals surface area contributed by atoms with E-state index in [1.165, 1.54) is 0 Å². The van der Waals surface area contributed by atoms with E-state index in [2.05, 4.69) is 27.7 Å². The number of ketones is 1. The number of aliphatic hydroxyl groups excluding tert-OH is 5. The number of carboxylic acids is 3. The predicted octanol–water partition coefficient (Wildman–Crippen LogP) is 2.25. The van der Waals surface area contributed by atoms with Crippen LogP contribution in [0, 0.1) is 50.2 Å². The molecule has 16 heteroatoms. The van der Waals surface area contributed by atoms with Crippen molar-refractivity contribution in [1.29, 1.82) is 0 Å². The first-order valence-electron chi connectivity index (χ1n) is 20.7. The summed E-state index contributed by atoms with van der Waals surface area (Å²) < 4.78 is 22.9. The molecule has 8 N–H and O–H groups in total. The lowest BCUT2D eigenvalue weighted by atomic mass is 9.33. The molecule has 326 valence electrons. The molecule has 0 aromatic carbocycles. The highest BCUT2D eigenvalue weighted by Crippen LogP contribution is 2.75. The van der Waals surface area contributed by atoms with Gasteiger partial charge in [0.25, 0.3) is 0 Å². The first-order chi connectivity index (χ1) is 26.8.